The average molecular weight is 421 g/mol. The number of hydrogen-bond acceptors (Lipinski definition) is 6. The summed E-state index contributed by atoms with van der Waals surface area (Å²) in [4.78, 5) is 28.2. The van der Waals surface area contributed by atoms with Crippen LogP contribution < -0.4 is 4.90 Å². The number of amides is 2. The van der Waals surface area contributed by atoms with E-state index in [2.05, 4.69) is 10.2 Å². The van der Waals surface area contributed by atoms with Crippen molar-refractivity contribution in [1.29, 1.82) is 0 Å². The number of anilines is 1. The van der Waals surface area contributed by atoms with Crippen molar-refractivity contribution in [3.05, 3.63) is 39.9 Å². The maximum atomic E-state index is 12.7. The Morgan fingerprint density at radius 1 is 1.25 bits per heavy atom. The minimum absolute atomic E-state index is 0.222. The van der Waals surface area contributed by atoms with Gasteiger partial charge in [0.05, 0.1) is 0 Å². The third-order valence-corrected chi connectivity index (χ3v) is 6.23. The number of hydrogen-bond donors (Lipinski definition) is 0. The van der Waals surface area contributed by atoms with Crippen molar-refractivity contribution >= 4 is 40.1 Å². The van der Waals surface area contributed by atoms with Gasteiger partial charge in [-0.2, -0.15) is 0 Å². The largest absolute Gasteiger partial charge is 0.441 e. The predicted molar refractivity (Wildman–Crippen MR) is 107 cm³/mol. The van der Waals surface area contributed by atoms with Crippen molar-refractivity contribution in [3.63, 3.8) is 0 Å². The summed E-state index contributed by atoms with van der Waals surface area (Å²) in [6.45, 7) is 0.527. The number of esters is 1. The van der Waals surface area contributed by atoms with Gasteiger partial charge >= 0.3 is 12.0 Å². The molecule has 9 heteroatoms. The SMILES string of the molecule is CN1CCC(OC(=O)CCc2ccc(Cl)cc2)N(c2nnc(C3CC3)s2)C1=O. The molecule has 0 radical (unpaired) electrons. The number of benzene rings is 1. The molecule has 2 fully saturated rings. The maximum absolute atomic E-state index is 12.7. The van der Waals surface area contributed by atoms with E-state index in [1.165, 1.54) is 16.2 Å². The molecule has 1 aliphatic carbocycles. The van der Waals surface area contributed by atoms with Gasteiger partial charge in [0, 0.05) is 37.4 Å². The average Bonchev–Trinajstić information content (AvgIpc) is 3.42. The summed E-state index contributed by atoms with van der Waals surface area (Å²) < 4.78 is 5.66. The van der Waals surface area contributed by atoms with E-state index in [4.69, 9.17) is 16.3 Å². The molecule has 28 heavy (non-hydrogen) atoms. The highest BCUT2D eigenvalue weighted by atomic mass is 35.5. The Kier molecular flexibility index (Phi) is 5.50. The summed E-state index contributed by atoms with van der Waals surface area (Å²) in [5.74, 6) is 0.124. The molecule has 2 heterocycles. The molecule has 2 amide bonds. The van der Waals surface area contributed by atoms with Crippen LogP contribution in [0.2, 0.25) is 5.02 Å². The van der Waals surface area contributed by atoms with E-state index < -0.39 is 6.23 Å². The second-order valence-electron chi connectivity index (χ2n) is 7.13. The first kappa shape index (κ1) is 19.1. The van der Waals surface area contributed by atoms with Gasteiger partial charge in [-0.25, -0.2) is 9.69 Å². The first-order chi connectivity index (χ1) is 13.5. The molecular weight excluding hydrogens is 400 g/mol. The van der Waals surface area contributed by atoms with Crippen molar-refractivity contribution in [1.82, 2.24) is 15.1 Å². The zero-order valence-electron chi connectivity index (χ0n) is 15.5. The fourth-order valence-corrected chi connectivity index (χ4v) is 4.25. The summed E-state index contributed by atoms with van der Waals surface area (Å²) >= 11 is 7.30. The van der Waals surface area contributed by atoms with Gasteiger partial charge in [-0.15, -0.1) is 10.2 Å². The third kappa shape index (κ3) is 4.28. The molecule has 1 atom stereocenters. The number of nitrogens with zero attached hydrogens (tertiary/aromatic N) is 4. The number of aryl methyl sites for hydroxylation is 1. The Hall–Kier alpha value is -2.19. The molecule has 0 N–H and O–H groups in total. The van der Waals surface area contributed by atoms with Gasteiger partial charge in [-0.3, -0.25) is 4.79 Å². The normalized spacial score (nSPS) is 19.8. The van der Waals surface area contributed by atoms with E-state index in [1.807, 2.05) is 12.1 Å². The number of ether oxygens (including phenoxy) is 1. The molecule has 2 aromatic rings. The van der Waals surface area contributed by atoms with E-state index in [9.17, 15) is 9.59 Å². The lowest BCUT2D eigenvalue weighted by Gasteiger charge is -2.37. The molecule has 1 unspecified atom stereocenters. The van der Waals surface area contributed by atoms with E-state index in [0.717, 1.165) is 23.4 Å². The Balaban J connectivity index is 1.42. The van der Waals surface area contributed by atoms with E-state index in [0.29, 0.717) is 35.5 Å². The van der Waals surface area contributed by atoms with Crippen LogP contribution in [0.15, 0.2) is 24.3 Å². The minimum atomic E-state index is -0.651. The summed E-state index contributed by atoms with van der Waals surface area (Å²) in [6, 6.07) is 7.16. The van der Waals surface area contributed by atoms with Gasteiger partial charge in [0.2, 0.25) is 5.13 Å². The Bertz CT molecular complexity index is 868. The van der Waals surface area contributed by atoms with Crippen molar-refractivity contribution in [2.75, 3.05) is 18.5 Å². The molecule has 4 rings (SSSR count). The lowest BCUT2D eigenvalue weighted by Crippen LogP contribution is -2.54. The second kappa shape index (κ2) is 8.05. The van der Waals surface area contributed by atoms with E-state index in [1.54, 1.807) is 24.1 Å². The van der Waals surface area contributed by atoms with Crippen LogP contribution in [0.5, 0.6) is 0 Å². The zero-order chi connectivity index (χ0) is 19.7. The number of carbonyl (C=O) groups excluding carboxylic acids is 2. The highest BCUT2D eigenvalue weighted by molar-refractivity contribution is 7.15. The molecule has 1 aliphatic heterocycles. The Labute approximate surface area is 172 Å². The van der Waals surface area contributed by atoms with Crippen LogP contribution in [0, 0.1) is 0 Å². The number of halogens is 1. The van der Waals surface area contributed by atoms with Gasteiger partial charge in [-0.05, 0) is 37.0 Å². The standard InChI is InChI=1S/C19H21ClN4O3S/c1-23-11-10-15(27-16(25)9-4-12-2-7-14(20)8-3-12)24(19(23)26)18-22-21-17(28-18)13-5-6-13/h2-3,7-8,13,15H,4-6,9-11H2,1H3. The summed E-state index contributed by atoms with van der Waals surface area (Å²) in [5, 5.41) is 10.5. The molecule has 148 valence electrons. The van der Waals surface area contributed by atoms with Crippen LogP contribution in [0.1, 0.15) is 42.2 Å². The number of aromatic nitrogens is 2. The monoisotopic (exact) mass is 420 g/mol. The fourth-order valence-electron chi connectivity index (χ4n) is 3.08. The molecule has 1 saturated carbocycles. The highest BCUT2D eigenvalue weighted by Crippen LogP contribution is 2.43. The van der Waals surface area contributed by atoms with Crippen molar-refractivity contribution in [3.8, 4) is 0 Å². The number of urea groups is 1. The van der Waals surface area contributed by atoms with Gasteiger partial charge in [-0.1, -0.05) is 35.1 Å². The zero-order valence-corrected chi connectivity index (χ0v) is 17.1. The van der Waals surface area contributed by atoms with Gasteiger partial charge in [0.25, 0.3) is 0 Å². The molecular formula is C19H21ClN4O3S. The van der Waals surface area contributed by atoms with Gasteiger partial charge in [0.15, 0.2) is 6.23 Å². The van der Waals surface area contributed by atoms with Crippen molar-refractivity contribution in [2.24, 2.45) is 0 Å². The molecule has 2 aliphatic rings. The predicted octanol–water partition coefficient (Wildman–Crippen LogP) is 3.83. The van der Waals surface area contributed by atoms with Crippen LogP contribution in [-0.4, -0.2) is 46.9 Å². The molecule has 7 nitrogen and oxygen atoms in total. The van der Waals surface area contributed by atoms with Gasteiger partial charge in [0.1, 0.15) is 5.01 Å². The third-order valence-electron chi connectivity index (χ3n) is 4.89. The first-order valence-electron chi connectivity index (χ1n) is 9.33. The Morgan fingerprint density at radius 2 is 2.00 bits per heavy atom. The summed E-state index contributed by atoms with van der Waals surface area (Å²) in [6.07, 6.45) is 2.91. The topological polar surface area (TPSA) is 75.6 Å². The molecule has 1 saturated heterocycles. The number of carbonyl (C=O) groups is 2. The van der Waals surface area contributed by atoms with Crippen LogP contribution in [0.4, 0.5) is 9.93 Å². The van der Waals surface area contributed by atoms with Crippen LogP contribution in [-0.2, 0) is 16.0 Å². The maximum Gasteiger partial charge on any atom is 0.329 e. The van der Waals surface area contributed by atoms with Crippen LogP contribution in [0.3, 0.4) is 0 Å². The van der Waals surface area contributed by atoms with Crippen molar-refractivity contribution < 1.29 is 14.3 Å². The van der Waals surface area contributed by atoms with E-state index in [-0.39, 0.29) is 18.4 Å². The van der Waals surface area contributed by atoms with Crippen LogP contribution in [0.25, 0.3) is 0 Å². The molecule has 0 bridgehead atoms. The lowest BCUT2D eigenvalue weighted by molar-refractivity contribution is -0.149. The lowest BCUT2D eigenvalue weighted by atomic mass is 10.1. The van der Waals surface area contributed by atoms with E-state index >= 15 is 0 Å². The molecule has 0 spiro atoms. The van der Waals surface area contributed by atoms with Gasteiger partial charge < -0.3 is 9.64 Å². The Morgan fingerprint density at radius 3 is 2.71 bits per heavy atom. The molecule has 1 aromatic carbocycles. The van der Waals surface area contributed by atoms with Crippen LogP contribution >= 0.6 is 22.9 Å². The highest BCUT2D eigenvalue weighted by Gasteiger charge is 2.38. The smallest absolute Gasteiger partial charge is 0.329 e. The summed E-state index contributed by atoms with van der Waals surface area (Å²) in [5.41, 5.74) is 1.01. The molecule has 1 aromatic heterocycles. The minimum Gasteiger partial charge on any atom is -0.441 e. The first-order valence-corrected chi connectivity index (χ1v) is 10.5. The summed E-state index contributed by atoms with van der Waals surface area (Å²) in [7, 11) is 1.73. The second-order valence-corrected chi connectivity index (χ2v) is 8.55. The quantitative estimate of drug-likeness (QED) is 0.664. The fraction of sp³-hybridized carbons (Fsp3) is 0.474. The van der Waals surface area contributed by atoms with Crippen molar-refractivity contribution in [2.45, 2.75) is 44.2 Å². The number of rotatable bonds is 6.